The minimum atomic E-state index is -0.357. The number of nitrogens with zero attached hydrogens (tertiary/aromatic N) is 1. The molecule has 1 aliphatic rings. The van der Waals surface area contributed by atoms with Crippen molar-refractivity contribution < 1.29 is 14.0 Å². The van der Waals surface area contributed by atoms with E-state index in [1.807, 2.05) is 26.0 Å². The molecule has 5 heteroatoms. The highest BCUT2D eigenvalue weighted by Gasteiger charge is 2.36. The van der Waals surface area contributed by atoms with Crippen molar-refractivity contribution in [2.75, 3.05) is 6.54 Å². The van der Waals surface area contributed by atoms with Gasteiger partial charge in [0.25, 0.3) is 0 Å². The number of furan rings is 1. The van der Waals surface area contributed by atoms with E-state index in [-0.39, 0.29) is 17.9 Å². The van der Waals surface area contributed by atoms with Crippen LogP contribution in [0, 0.1) is 6.92 Å². The Bertz CT molecular complexity index is 467. The fourth-order valence-corrected chi connectivity index (χ4v) is 2.31. The molecule has 0 saturated carbocycles. The van der Waals surface area contributed by atoms with E-state index in [0.29, 0.717) is 25.9 Å². The van der Waals surface area contributed by atoms with Crippen LogP contribution in [0.2, 0.25) is 0 Å². The van der Waals surface area contributed by atoms with Gasteiger partial charge < -0.3 is 14.6 Å². The Kier molecular flexibility index (Phi) is 4.24. The molecule has 0 unspecified atom stereocenters. The second-order valence-corrected chi connectivity index (χ2v) is 4.88. The smallest absolute Gasteiger partial charge is 0.242 e. The molecule has 5 nitrogen and oxygen atoms in total. The molecule has 1 fully saturated rings. The second kappa shape index (κ2) is 5.91. The summed E-state index contributed by atoms with van der Waals surface area (Å²) in [5.41, 5.74) is 0. The highest BCUT2D eigenvalue weighted by molar-refractivity contribution is 5.90. The van der Waals surface area contributed by atoms with Crippen LogP contribution in [-0.4, -0.2) is 29.3 Å². The molecule has 1 aromatic rings. The Morgan fingerprint density at radius 3 is 2.95 bits per heavy atom. The average Bonchev–Trinajstić information content (AvgIpc) is 2.95. The van der Waals surface area contributed by atoms with E-state index >= 15 is 0 Å². The summed E-state index contributed by atoms with van der Waals surface area (Å²) in [7, 11) is 0. The molecule has 19 heavy (non-hydrogen) atoms. The summed E-state index contributed by atoms with van der Waals surface area (Å²) in [6.07, 6.45) is 1.92. The van der Waals surface area contributed by atoms with Gasteiger partial charge in [0.2, 0.25) is 11.8 Å². The van der Waals surface area contributed by atoms with Crippen molar-refractivity contribution in [1.82, 2.24) is 10.2 Å². The zero-order valence-corrected chi connectivity index (χ0v) is 11.4. The highest BCUT2D eigenvalue weighted by Crippen LogP contribution is 2.22. The fourth-order valence-electron chi connectivity index (χ4n) is 2.31. The maximum Gasteiger partial charge on any atom is 0.242 e. The lowest BCUT2D eigenvalue weighted by Crippen LogP contribution is -2.44. The number of aryl methyl sites for hydroxylation is 1. The number of carbonyl (C=O) groups excluding carboxylic acids is 2. The standard InChI is InChI=1S/C14H20N2O3/c1-3-8-15-14(18)12-6-7-13(17)16(12)9-11-5-4-10(2)19-11/h4-5,12H,3,6-9H2,1-2H3,(H,15,18)/t12-/m1/s1. The molecule has 1 aromatic heterocycles. The predicted octanol–water partition coefficient (Wildman–Crippen LogP) is 1.61. The van der Waals surface area contributed by atoms with Gasteiger partial charge in [-0.3, -0.25) is 9.59 Å². The van der Waals surface area contributed by atoms with Crippen LogP contribution in [0.15, 0.2) is 16.5 Å². The fraction of sp³-hybridized carbons (Fsp3) is 0.571. The molecule has 1 saturated heterocycles. The second-order valence-electron chi connectivity index (χ2n) is 4.88. The molecule has 1 atom stereocenters. The number of hydrogen-bond acceptors (Lipinski definition) is 3. The number of carbonyl (C=O) groups is 2. The van der Waals surface area contributed by atoms with Crippen LogP contribution in [0.3, 0.4) is 0 Å². The van der Waals surface area contributed by atoms with Gasteiger partial charge in [0.05, 0.1) is 6.54 Å². The number of amides is 2. The van der Waals surface area contributed by atoms with Gasteiger partial charge in [-0.25, -0.2) is 0 Å². The first-order valence-corrected chi connectivity index (χ1v) is 6.74. The van der Waals surface area contributed by atoms with E-state index in [9.17, 15) is 9.59 Å². The first-order valence-electron chi connectivity index (χ1n) is 6.74. The first-order chi connectivity index (χ1) is 9.11. The van der Waals surface area contributed by atoms with Gasteiger partial charge in [-0.2, -0.15) is 0 Å². The molecule has 1 aliphatic heterocycles. The van der Waals surface area contributed by atoms with Crippen LogP contribution >= 0.6 is 0 Å². The van der Waals surface area contributed by atoms with Crippen LogP contribution in [0.25, 0.3) is 0 Å². The Hall–Kier alpha value is -1.78. The average molecular weight is 264 g/mol. The topological polar surface area (TPSA) is 62.6 Å². The molecule has 1 N–H and O–H groups in total. The van der Waals surface area contributed by atoms with Crippen LogP contribution in [0.5, 0.6) is 0 Å². The van der Waals surface area contributed by atoms with Crippen molar-refractivity contribution >= 4 is 11.8 Å². The predicted molar refractivity (Wildman–Crippen MR) is 70.3 cm³/mol. The third-order valence-electron chi connectivity index (χ3n) is 3.30. The molecule has 2 heterocycles. The van der Waals surface area contributed by atoms with Crippen molar-refractivity contribution in [2.24, 2.45) is 0 Å². The molecular formula is C14H20N2O3. The molecule has 0 aliphatic carbocycles. The summed E-state index contributed by atoms with van der Waals surface area (Å²) in [6, 6.07) is 3.36. The van der Waals surface area contributed by atoms with Crippen molar-refractivity contribution in [2.45, 2.75) is 45.7 Å². The summed E-state index contributed by atoms with van der Waals surface area (Å²) in [5.74, 6) is 1.50. The Balaban J connectivity index is 2.03. The van der Waals surface area contributed by atoms with Crippen LogP contribution in [-0.2, 0) is 16.1 Å². The summed E-state index contributed by atoms with van der Waals surface area (Å²) >= 11 is 0. The lowest BCUT2D eigenvalue weighted by atomic mass is 10.2. The van der Waals surface area contributed by atoms with E-state index in [1.165, 1.54) is 0 Å². The van der Waals surface area contributed by atoms with Gasteiger partial charge >= 0.3 is 0 Å². The zero-order chi connectivity index (χ0) is 13.8. The minimum Gasteiger partial charge on any atom is -0.464 e. The molecule has 0 spiro atoms. The number of rotatable bonds is 5. The SMILES string of the molecule is CCCNC(=O)[C@H]1CCC(=O)N1Cc1ccc(C)o1. The summed E-state index contributed by atoms with van der Waals surface area (Å²) < 4.78 is 5.48. The number of likely N-dealkylation sites (tertiary alicyclic amines) is 1. The van der Waals surface area contributed by atoms with Crippen molar-refractivity contribution in [3.8, 4) is 0 Å². The van der Waals surface area contributed by atoms with Gasteiger partial charge in [-0.15, -0.1) is 0 Å². The summed E-state index contributed by atoms with van der Waals surface area (Å²) in [5, 5.41) is 2.85. The Morgan fingerprint density at radius 2 is 2.32 bits per heavy atom. The first kappa shape index (κ1) is 13.6. The van der Waals surface area contributed by atoms with Crippen molar-refractivity contribution in [3.63, 3.8) is 0 Å². The third-order valence-corrected chi connectivity index (χ3v) is 3.30. The molecule has 0 aromatic carbocycles. The molecule has 2 amide bonds. The summed E-state index contributed by atoms with van der Waals surface area (Å²) in [4.78, 5) is 25.5. The Labute approximate surface area is 113 Å². The third kappa shape index (κ3) is 3.16. The highest BCUT2D eigenvalue weighted by atomic mass is 16.3. The van der Waals surface area contributed by atoms with E-state index in [1.54, 1.807) is 4.90 Å². The van der Waals surface area contributed by atoms with Gasteiger partial charge in [-0.1, -0.05) is 6.92 Å². The molecule has 2 rings (SSSR count). The normalized spacial score (nSPS) is 18.9. The molecular weight excluding hydrogens is 244 g/mol. The monoisotopic (exact) mass is 264 g/mol. The lowest BCUT2D eigenvalue weighted by Gasteiger charge is -2.23. The maximum atomic E-state index is 12.0. The molecule has 104 valence electrons. The largest absolute Gasteiger partial charge is 0.464 e. The van der Waals surface area contributed by atoms with E-state index in [4.69, 9.17) is 4.42 Å². The lowest BCUT2D eigenvalue weighted by molar-refractivity contribution is -0.136. The van der Waals surface area contributed by atoms with Crippen LogP contribution < -0.4 is 5.32 Å². The number of nitrogens with one attached hydrogen (secondary N) is 1. The summed E-state index contributed by atoms with van der Waals surface area (Å²) in [6.45, 7) is 4.89. The maximum absolute atomic E-state index is 12.0. The van der Waals surface area contributed by atoms with E-state index in [0.717, 1.165) is 17.9 Å². The van der Waals surface area contributed by atoms with E-state index < -0.39 is 0 Å². The van der Waals surface area contributed by atoms with Crippen LogP contribution in [0.4, 0.5) is 0 Å². The van der Waals surface area contributed by atoms with Crippen LogP contribution in [0.1, 0.15) is 37.7 Å². The van der Waals surface area contributed by atoms with Crippen molar-refractivity contribution in [3.05, 3.63) is 23.7 Å². The van der Waals surface area contributed by atoms with Crippen molar-refractivity contribution in [1.29, 1.82) is 0 Å². The minimum absolute atomic E-state index is 0.0192. The number of hydrogen-bond donors (Lipinski definition) is 1. The zero-order valence-electron chi connectivity index (χ0n) is 11.4. The van der Waals surface area contributed by atoms with Gasteiger partial charge in [0, 0.05) is 13.0 Å². The Morgan fingerprint density at radius 1 is 1.53 bits per heavy atom. The molecule has 0 radical (unpaired) electrons. The molecule has 0 bridgehead atoms. The van der Waals surface area contributed by atoms with E-state index in [2.05, 4.69) is 5.32 Å². The van der Waals surface area contributed by atoms with Gasteiger partial charge in [-0.05, 0) is 31.9 Å². The van der Waals surface area contributed by atoms with Gasteiger partial charge in [0.1, 0.15) is 17.6 Å². The quantitative estimate of drug-likeness (QED) is 0.878. The van der Waals surface area contributed by atoms with Gasteiger partial charge in [0.15, 0.2) is 0 Å².